The Bertz CT molecular complexity index is 643. The Balaban J connectivity index is 1.93. The average molecular weight is 359 g/mol. The van der Waals surface area contributed by atoms with Gasteiger partial charge < -0.3 is 0 Å². The van der Waals surface area contributed by atoms with Gasteiger partial charge in [-0.15, -0.1) is 11.3 Å². The number of rotatable bonds is 11. The Labute approximate surface area is 156 Å². The van der Waals surface area contributed by atoms with Crippen LogP contribution in [0.2, 0.25) is 0 Å². The van der Waals surface area contributed by atoms with Gasteiger partial charge in [-0.1, -0.05) is 44.9 Å². The van der Waals surface area contributed by atoms with Crippen molar-refractivity contribution in [2.45, 2.75) is 53.0 Å². The molecule has 0 fully saturated rings. The number of hydrogen-bond donors (Lipinski definition) is 1. The molecule has 0 radical (unpaired) electrons. The molecule has 0 spiro atoms. The van der Waals surface area contributed by atoms with Crippen LogP contribution in [-0.2, 0) is 6.54 Å². The number of unbranched alkanes of at least 4 members (excludes halogenated alkanes) is 2. The van der Waals surface area contributed by atoms with Gasteiger partial charge in [0.15, 0.2) is 0 Å². The predicted octanol–water partition coefficient (Wildman–Crippen LogP) is 5.30. The first-order valence-corrected chi connectivity index (χ1v) is 10.1. The molecule has 0 amide bonds. The van der Waals surface area contributed by atoms with Gasteiger partial charge >= 0.3 is 0 Å². The van der Waals surface area contributed by atoms with E-state index in [2.05, 4.69) is 58.5 Å². The number of hydrogen-bond acceptors (Lipinski definition) is 5. The lowest BCUT2D eigenvalue weighted by molar-refractivity contribution is 0.257. The molecular weight excluding hydrogens is 328 g/mol. The number of nitrogens with one attached hydrogen (secondary N) is 1. The van der Waals surface area contributed by atoms with Crippen molar-refractivity contribution in [3.8, 4) is 0 Å². The van der Waals surface area contributed by atoms with E-state index in [1.165, 1.54) is 44.3 Å². The molecule has 4 nitrogen and oxygen atoms in total. The average Bonchev–Trinajstić information content (AvgIpc) is 3.03. The van der Waals surface area contributed by atoms with E-state index in [4.69, 9.17) is 0 Å². The first-order chi connectivity index (χ1) is 12.2. The molecule has 0 unspecified atom stereocenters. The molecule has 1 aromatic heterocycles. The fourth-order valence-electron chi connectivity index (χ4n) is 2.63. The molecule has 0 atom stereocenters. The van der Waals surface area contributed by atoms with Gasteiger partial charge in [0.1, 0.15) is 0 Å². The van der Waals surface area contributed by atoms with E-state index in [1.807, 2.05) is 18.5 Å². The lowest BCUT2D eigenvalue weighted by atomic mass is 10.1. The molecule has 2 rings (SSSR count). The molecule has 0 saturated carbocycles. The maximum Gasteiger partial charge on any atom is 0.203 e. The number of hydrazone groups is 1. The van der Waals surface area contributed by atoms with Crippen LogP contribution in [0.5, 0.6) is 0 Å². The van der Waals surface area contributed by atoms with E-state index in [-0.39, 0.29) is 0 Å². The molecule has 5 heteroatoms. The molecule has 1 N–H and O–H groups in total. The summed E-state index contributed by atoms with van der Waals surface area (Å²) in [5.74, 6) is 0. The fraction of sp³-hybridized carbons (Fsp3) is 0.500. The third-order valence-electron chi connectivity index (χ3n) is 4.01. The summed E-state index contributed by atoms with van der Waals surface area (Å²) in [4.78, 5) is 6.91. The summed E-state index contributed by atoms with van der Waals surface area (Å²) in [5.41, 5.74) is 6.48. The van der Waals surface area contributed by atoms with Crippen molar-refractivity contribution in [1.29, 1.82) is 0 Å². The van der Waals surface area contributed by atoms with Crippen LogP contribution in [0.15, 0.2) is 34.7 Å². The Hall–Kier alpha value is -1.72. The SMILES string of the molecule is CCCCN(CCCC)Cc1cccc(C=NNc2nc(C)cs2)c1. The van der Waals surface area contributed by atoms with Crippen LogP contribution in [0.1, 0.15) is 56.4 Å². The number of benzene rings is 1. The number of nitrogens with zero attached hydrogens (tertiary/aromatic N) is 3. The fourth-order valence-corrected chi connectivity index (χ4v) is 3.27. The van der Waals surface area contributed by atoms with Crippen LogP contribution in [0, 0.1) is 6.92 Å². The first kappa shape index (κ1) is 19.6. The van der Waals surface area contributed by atoms with Crippen molar-refractivity contribution in [3.63, 3.8) is 0 Å². The van der Waals surface area contributed by atoms with Crippen molar-refractivity contribution in [3.05, 3.63) is 46.5 Å². The number of anilines is 1. The normalized spacial score (nSPS) is 11.5. The molecule has 1 aromatic carbocycles. The van der Waals surface area contributed by atoms with Crippen LogP contribution in [0.3, 0.4) is 0 Å². The second-order valence-electron chi connectivity index (χ2n) is 6.39. The zero-order valence-corrected chi connectivity index (χ0v) is 16.5. The topological polar surface area (TPSA) is 40.5 Å². The Morgan fingerprint density at radius 2 is 1.96 bits per heavy atom. The van der Waals surface area contributed by atoms with Crippen molar-refractivity contribution < 1.29 is 0 Å². The molecule has 2 aromatic rings. The van der Waals surface area contributed by atoms with E-state index in [9.17, 15) is 0 Å². The van der Waals surface area contributed by atoms with Crippen LogP contribution in [0.25, 0.3) is 0 Å². The highest BCUT2D eigenvalue weighted by Gasteiger charge is 2.05. The molecule has 0 aliphatic heterocycles. The molecule has 0 aliphatic rings. The van der Waals surface area contributed by atoms with Gasteiger partial charge in [-0.05, 0) is 50.0 Å². The summed E-state index contributed by atoms with van der Waals surface area (Å²) in [6.45, 7) is 9.87. The van der Waals surface area contributed by atoms with E-state index in [0.29, 0.717) is 0 Å². The van der Waals surface area contributed by atoms with E-state index in [1.54, 1.807) is 11.3 Å². The summed E-state index contributed by atoms with van der Waals surface area (Å²) in [6.07, 6.45) is 6.89. The number of aryl methyl sites for hydroxylation is 1. The Morgan fingerprint density at radius 1 is 1.20 bits per heavy atom. The lowest BCUT2D eigenvalue weighted by Crippen LogP contribution is -2.25. The summed E-state index contributed by atoms with van der Waals surface area (Å²) in [5, 5.41) is 7.15. The van der Waals surface area contributed by atoms with Crippen LogP contribution >= 0.6 is 11.3 Å². The zero-order chi connectivity index (χ0) is 17.9. The largest absolute Gasteiger partial charge is 0.299 e. The van der Waals surface area contributed by atoms with Crippen molar-refractivity contribution in [2.24, 2.45) is 5.10 Å². The molecule has 25 heavy (non-hydrogen) atoms. The lowest BCUT2D eigenvalue weighted by Gasteiger charge is -2.22. The van der Waals surface area contributed by atoms with E-state index < -0.39 is 0 Å². The molecule has 0 aliphatic carbocycles. The summed E-state index contributed by atoms with van der Waals surface area (Å²) >= 11 is 1.57. The predicted molar refractivity (Wildman–Crippen MR) is 110 cm³/mol. The third kappa shape index (κ3) is 7.36. The first-order valence-electron chi connectivity index (χ1n) is 9.23. The minimum atomic E-state index is 0.829. The molecular formula is C20H30N4S. The van der Waals surface area contributed by atoms with Gasteiger partial charge in [-0.3, -0.25) is 10.3 Å². The van der Waals surface area contributed by atoms with E-state index in [0.717, 1.165) is 22.9 Å². The Kier molecular flexibility index (Phi) is 8.63. The highest BCUT2D eigenvalue weighted by Crippen LogP contribution is 2.14. The van der Waals surface area contributed by atoms with Gasteiger partial charge in [0.25, 0.3) is 0 Å². The highest BCUT2D eigenvalue weighted by atomic mass is 32.1. The van der Waals surface area contributed by atoms with Gasteiger partial charge in [0.2, 0.25) is 5.13 Å². The zero-order valence-electron chi connectivity index (χ0n) is 15.7. The van der Waals surface area contributed by atoms with Crippen LogP contribution in [-0.4, -0.2) is 29.2 Å². The van der Waals surface area contributed by atoms with E-state index >= 15 is 0 Å². The standard InChI is InChI=1S/C20H30N4S/c1-4-6-11-24(12-7-5-2)15-19-10-8-9-18(13-19)14-21-23-20-22-17(3)16-25-20/h8-10,13-14,16H,4-7,11-12,15H2,1-3H3,(H,22,23). The van der Waals surface area contributed by atoms with Gasteiger partial charge in [-0.2, -0.15) is 5.10 Å². The van der Waals surface area contributed by atoms with Gasteiger partial charge in [-0.25, -0.2) is 4.98 Å². The molecule has 0 bridgehead atoms. The second kappa shape index (κ2) is 11.0. The van der Waals surface area contributed by atoms with Crippen LogP contribution in [0.4, 0.5) is 5.13 Å². The number of thiazole rings is 1. The number of aromatic nitrogens is 1. The van der Waals surface area contributed by atoms with Crippen molar-refractivity contribution >= 4 is 22.7 Å². The van der Waals surface area contributed by atoms with Gasteiger partial charge in [0.05, 0.1) is 11.9 Å². The summed E-state index contributed by atoms with van der Waals surface area (Å²) in [7, 11) is 0. The Morgan fingerprint density at radius 3 is 2.60 bits per heavy atom. The molecule has 0 saturated heterocycles. The smallest absolute Gasteiger partial charge is 0.203 e. The summed E-state index contributed by atoms with van der Waals surface area (Å²) in [6, 6.07) is 8.63. The summed E-state index contributed by atoms with van der Waals surface area (Å²) < 4.78 is 0. The maximum absolute atomic E-state index is 4.34. The monoisotopic (exact) mass is 358 g/mol. The minimum absolute atomic E-state index is 0.829. The van der Waals surface area contributed by atoms with Crippen molar-refractivity contribution in [2.75, 3.05) is 18.5 Å². The second-order valence-corrected chi connectivity index (χ2v) is 7.25. The maximum atomic E-state index is 4.34. The molecule has 1 heterocycles. The quantitative estimate of drug-likeness (QED) is 0.438. The van der Waals surface area contributed by atoms with Crippen LogP contribution < -0.4 is 5.43 Å². The van der Waals surface area contributed by atoms with Crippen molar-refractivity contribution in [1.82, 2.24) is 9.88 Å². The van der Waals surface area contributed by atoms with Gasteiger partial charge in [0, 0.05) is 11.9 Å². The minimum Gasteiger partial charge on any atom is -0.299 e. The third-order valence-corrected chi connectivity index (χ3v) is 4.87. The molecule has 136 valence electrons. The highest BCUT2D eigenvalue weighted by molar-refractivity contribution is 7.13.